The molecule has 0 atom stereocenters. The number of rotatable bonds is 4. The van der Waals surface area contributed by atoms with E-state index in [0.29, 0.717) is 17.1 Å². The second kappa shape index (κ2) is 6.16. The zero-order chi connectivity index (χ0) is 14.7. The molecular weight excluding hydrogens is 306 g/mol. The Morgan fingerprint density at radius 2 is 1.95 bits per heavy atom. The largest absolute Gasteiger partial charge is 0.458 e. The Hall–Kier alpha value is -2.04. The quantitative estimate of drug-likeness (QED) is 0.764. The highest BCUT2D eigenvalue weighted by molar-refractivity contribution is 7.13. The molecule has 3 nitrogen and oxygen atoms in total. The Morgan fingerprint density at radius 1 is 1.14 bits per heavy atom. The van der Waals surface area contributed by atoms with E-state index in [4.69, 9.17) is 16.0 Å². The Kier molecular flexibility index (Phi) is 4.08. The fourth-order valence-corrected chi connectivity index (χ4v) is 2.71. The van der Waals surface area contributed by atoms with Gasteiger partial charge >= 0.3 is 0 Å². The molecule has 1 aromatic carbocycles. The summed E-state index contributed by atoms with van der Waals surface area (Å²) in [6.07, 6.45) is 0. The van der Waals surface area contributed by atoms with Gasteiger partial charge in [-0.1, -0.05) is 17.7 Å². The lowest BCUT2D eigenvalue weighted by Gasteiger charge is -2.03. The summed E-state index contributed by atoms with van der Waals surface area (Å²) in [5.41, 5.74) is 0.574. The van der Waals surface area contributed by atoms with Gasteiger partial charge in [-0.25, -0.2) is 0 Å². The van der Waals surface area contributed by atoms with Gasteiger partial charge in [0.2, 0.25) is 0 Å². The monoisotopic (exact) mass is 317 g/mol. The number of carbonyl (C=O) groups excluding carboxylic acids is 1. The van der Waals surface area contributed by atoms with Crippen LogP contribution in [0.3, 0.4) is 0 Å². The number of hydrogen-bond acceptors (Lipinski definition) is 3. The van der Waals surface area contributed by atoms with E-state index in [-0.39, 0.29) is 5.91 Å². The van der Waals surface area contributed by atoms with Gasteiger partial charge in [-0.05, 0) is 47.8 Å². The number of thiophene rings is 1. The van der Waals surface area contributed by atoms with Gasteiger partial charge in [-0.15, -0.1) is 11.3 Å². The molecule has 0 aliphatic carbocycles. The van der Waals surface area contributed by atoms with Crippen LogP contribution in [0.25, 0.3) is 10.6 Å². The summed E-state index contributed by atoms with van der Waals surface area (Å²) in [6, 6.07) is 14.5. The molecule has 3 aromatic rings. The van der Waals surface area contributed by atoms with Crippen molar-refractivity contribution in [2.45, 2.75) is 6.54 Å². The Labute approximate surface area is 131 Å². The molecule has 0 radical (unpaired) electrons. The number of hydrogen-bond donors (Lipinski definition) is 1. The van der Waals surface area contributed by atoms with Crippen molar-refractivity contribution in [1.82, 2.24) is 5.32 Å². The van der Waals surface area contributed by atoms with Gasteiger partial charge < -0.3 is 9.73 Å². The predicted molar refractivity (Wildman–Crippen MR) is 84.6 cm³/mol. The Balaban J connectivity index is 1.62. The van der Waals surface area contributed by atoms with Crippen LogP contribution in [-0.2, 0) is 6.54 Å². The summed E-state index contributed by atoms with van der Waals surface area (Å²) in [5, 5.41) is 5.43. The van der Waals surface area contributed by atoms with Gasteiger partial charge in [-0.2, -0.15) is 0 Å². The van der Waals surface area contributed by atoms with E-state index in [1.807, 2.05) is 29.6 Å². The van der Waals surface area contributed by atoms with E-state index < -0.39 is 0 Å². The Morgan fingerprint density at radius 3 is 2.67 bits per heavy atom. The van der Waals surface area contributed by atoms with E-state index in [9.17, 15) is 4.79 Å². The van der Waals surface area contributed by atoms with Crippen LogP contribution in [0.4, 0.5) is 0 Å². The molecule has 0 bridgehead atoms. The molecule has 106 valence electrons. The van der Waals surface area contributed by atoms with Crippen LogP contribution >= 0.6 is 22.9 Å². The molecule has 0 saturated carbocycles. The molecule has 3 rings (SSSR count). The van der Waals surface area contributed by atoms with Crippen LogP contribution in [-0.4, -0.2) is 5.91 Å². The van der Waals surface area contributed by atoms with Gasteiger partial charge in [0.05, 0.1) is 11.4 Å². The lowest BCUT2D eigenvalue weighted by atomic mass is 10.2. The van der Waals surface area contributed by atoms with Crippen molar-refractivity contribution in [3.05, 3.63) is 70.3 Å². The van der Waals surface area contributed by atoms with E-state index in [0.717, 1.165) is 16.4 Å². The maximum absolute atomic E-state index is 12.0. The average molecular weight is 318 g/mol. The van der Waals surface area contributed by atoms with Gasteiger partial charge in [0.25, 0.3) is 5.91 Å². The molecule has 0 fully saturated rings. The minimum atomic E-state index is -0.152. The zero-order valence-corrected chi connectivity index (χ0v) is 12.6. The molecule has 1 amide bonds. The van der Waals surface area contributed by atoms with Crippen molar-refractivity contribution in [1.29, 1.82) is 0 Å². The van der Waals surface area contributed by atoms with Crippen LogP contribution in [0.5, 0.6) is 0 Å². The van der Waals surface area contributed by atoms with Crippen molar-refractivity contribution >= 4 is 28.8 Å². The van der Waals surface area contributed by atoms with E-state index >= 15 is 0 Å². The Bertz CT molecular complexity index is 732. The minimum absolute atomic E-state index is 0.152. The highest BCUT2D eigenvalue weighted by Gasteiger charge is 2.08. The van der Waals surface area contributed by atoms with Crippen molar-refractivity contribution in [2.75, 3.05) is 0 Å². The zero-order valence-electron chi connectivity index (χ0n) is 11.0. The average Bonchev–Trinajstić information content (AvgIpc) is 3.16. The number of nitrogens with one attached hydrogen (secondary N) is 1. The summed E-state index contributed by atoms with van der Waals surface area (Å²) in [5.74, 6) is 1.39. The smallest absolute Gasteiger partial charge is 0.251 e. The number of carbonyl (C=O) groups is 1. The summed E-state index contributed by atoms with van der Waals surface area (Å²) in [4.78, 5) is 13.0. The SMILES string of the molecule is O=C(NCc1ccc(-c2cccs2)o1)c1ccc(Cl)cc1. The summed E-state index contributed by atoms with van der Waals surface area (Å²) in [7, 11) is 0. The number of halogens is 1. The van der Waals surface area contributed by atoms with Gasteiger partial charge in [-0.3, -0.25) is 4.79 Å². The third-order valence-corrected chi connectivity index (χ3v) is 4.09. The van der Waals surface area contributed by atoms with Gasteiger partial charge in [0, 0.05) is 10.6 Å². The molecule has 0 unspecified atom stereocenters. The molecular formula is C16H12ClNO2S. The fourth-order valence-electron chi connectivity index (χ4n) is 1.89. The first-order valence-corrected chi connectivity index (χ1v) is 7.64. The van der Waals surface area contributed by atoms with Crippen molar-refractivity contribution in [3.63, 3.8) is 0 Å². The summed E-state index contributed by atoms with van der Waals surface area (Å²) < 4.78 is 5.71. The number of furan rings is 1. The van der Waals surface area contributed by atoms with Crippen molar-refractivity contribution in [3.8, 4) is 10.6 Å². The molecule has 0 saturated heterocycles. The van der Waals surface area contributed by atoms with Crippen LogP contribution in [0.15, 0.2) is 58.3 Å². The third-order valence-electron chi connectivity index (χ3n) is 2.96. The molecule has 5 heteroatoms. The van der Waals surface area contributed by atoms with Crippen LogP contribution < -0.4 is 5.32 Å². The van der Waals surface area contributed by atoms with E-state index in [1.54, 1.807) is 35.6 Å². The molecule has 2 aromatic heterocycles. The lowest BCUT2D eigenvalue weighted by molar-refractivity contribution is 0.0948. The van der Waals surface area contributed by atoms with Crippen molar-refractivity contribution in [2.24, 2.45) is 0 Å². The highest BCUT2D eigenvalue weighted by Crippen LogP contribution is 2.26. The first kappa shape index (κ1) is 13.9. The van der Waals surface area contributed by atoms with Gasteiger partial charge in [0.1, 0.15) is 11.5 Å². The van der Waals surface area contributed by atoms with Crippen LogP contribution in [0.2, 0.25) is 5.02 Å². The highest BCUT2D eigenvalue weighted by atomic mass is 35.5. The van der Waals surface area contributed by atoms with Crippen molar-refractivity contribution < 1.29 is 9.21 Å². The standard InChI is InChI=1S/C16H12ClNO2S/c17-12-5-3-11(4-6-12)16(19)18-10-13-7-8-14(20-13)15-2-1-9-21-15/h1-9H,10H2,(H,18,19). The third kappa shape index (κ3) is 3.35. The summed E-state index contributed by atoms with van der Waals surface area (Å²) >= 11 is 7.41. The molecule has 21 heavy (non-hydrogen) atoms. The molecule has 0 aliphatic heterocycles. The maximum Gasteiger partial charge on any atom is 0.251 e. The summed E-state index contributed by atoms with van der Waals surface area (Å²) in [6.45, 7) is 0.354. The van der Waals surface area contributed by atoms with E-state index in [1.165, 1.54) is 0 Å². The minimum Gasteiger partial charge on any atom is -0.458 e. The van der Waals surface area contributed by atoms with Gasteiger partial charge in [0.15, 0.2) is 0 Å². The number of benzene rings is 1. The van der Waals surface area contributed by atoms with Crippen LogP contribution in [0.1, 0.15) is 16.1 Å². The first-order valence-electron chi connectivity index (χ1n) is 6.39. The normalized spacial score (nSPS) is 10.5. The predicted octanol–water partition coefficient (Wildman–Crippen LogP) is 4.59. The molecule has 1 N–H and O–H groups in total. The second-order valence-corrected chi connectivity index (χ2v) is 5.82. The topological polar surface area (TPSA) is 42.2 Å². The van der Waals surface area contributed by atoms with Crippen LogP contribution in [0, 0.1) is 0 Å². The van der Waals surface area contributed by atoms with E-state index in [2.05, 4.69) is 5.32 Å². The lowest BCUT2D eigenvalue weighted by Crippen LogP contribution is -2.22. The molecule has 0 aliphatic rings. The maximum atomic E-state index is 12.0. The second-order valence-electron chi connectivity index (χ2n) is 4.43. The molecule has 2 heterocycles. The molecule has 0 spiro atoms. The fraction of sp³-hybridized carbons (Fsp3) is 0.0625. The number of amides is 1. The first-order chi connectivity index (χ1) is 10.2.